The summed E-state index contributed by atoms with van der Waals surface area (Å²) in [6.45, 7) is 8.13. The van der Waals surface area contributed by atoms with Crippen LogP contribution in [0, 0.1) is 20.8 Å². The lowest BCUT2D eigenvalue weighted by molar-refractivity contribution is -0.122. The van der Waals surface area contributed by atoms with E-state index in [2.05, 4.69) is 15.5 Å². The number of carbonyl (C=O) groups excluding carboxylic acids is 1. The molecule has 0 aromatic carbocycles. The van der Waals surface area contributed by atoms with E-state index in [-0.39, 0.29) is 18.5 Å². The maximum absolute atomic E-state index is 12.0. The van der Waals surface area contributed by atoms with Crippen LogP contribution in [0.15, 0.2) is 12.4 Å². The Labute approximate surface area is 118 Å². The van der Waals surface area contributed by atoms with Gasteiger partial charge < -0.3 is 5.32 Å². The van der Waals surface area contributed by atoms with Crippen molar-refractivity contribution in [1.29, 1.82) is 0 Å². The van der Waals surface area contributed by atoms with E-state index in [9.17, 15) is 4.79 Å². The molecule has 2 aromatic heterocycles. The summed E-state index contributed by atoms with van der Waals surface area (Å²) in [7, 11) is 1.91. The van der Waals surface area contributed by atoms with Crippen LogP contribution in [0.4, 0.5) is 0 Å². The molecule has 0 aliphatic heterocycles. The van der Waals surface area contributed by atoms with Crippen LogP contribution in [0.1, 0.15) is 35.5 Å². The van der Waals surface area contributed by atoms with E-state index in [0.717, 1.165) is 22.5 Å². The molecule has 0 saturated heterocycles. The molecule has 20 heavy (non-hydrogen) atoms. The summed E-state index contributed by atoms with van der Waals surface area (Å²) in [5, 5.41) is 11.5. The maximum atomic E-state index is 12.0. The average molecular weight is 275 g/mol. The first-order valence-electron chi connectivity index (χ1n) is 6.67. The Morgan fingerprint density at radius 2 is 2.10 bits per heavy atom. The van der Waals surface area contributed by atoms with Crippen LogP contribution >= 0.6 is 0 Å². The first-order valence-corrected chi connectivity index (χ1v) is 6.67. The van der Waals surface area contributed by atoms with Gasteiger partial charge in [-0.3, -0.25) is 14.2 Å². The predicted molar refractivity (Wildman–Crippen MR) is 76.2 cm³/mol. The molecule has 0 aliphatic rings. The molecule has 0 aliphatic carbocycles. The van der Waals surface area contributed by atoms with E-state index in [0.29, 0.717) is 0 Å². The molecular formula is C14H21N5O. The fraction of sp³-hybridized carbons (Fsp3) is 0.500. The van der Waals surface area contributed by atoms with Crippen molar-refractivity contribution < 1.29 is 4.79 Å². The van der Waals surface area contributed by atoms with Crippen LogP contribution in [0.5, 0.6) is 0 Å². The first kappa shape index (κ1) is 14.3. The highest BCUT2D eigenvalue weighted by Gasteiger charge is 2.18. The van der Waals surface area contributed by atoms with Gasteiger partial charge in [-0.1, -0.05) is 0 Å². The van der Waals surface area contributed by atoms with Crippen LogP contribution in [-0.2, 0) is 18.4 Å². The summed E-state index contributed by atoms with van der Waals surface area (Å²) < 4.78 is 3.48. The zero-order valence-corrected chi connectivity index (χ0v) is 12.6. The summed E-state index contributed by atoms with van der Waals surface area (Å²) >= 11 is 0. The van der Waals surface area contributed by atoms with Crippen LogP contribution < -0.4 is 5.32 Å². The Balaban J connectivity index is 2.04. The maximum Gasteiger partial charge on any atom is 0.242 e. The third kappa shape index (κ3) is 2.89. The van der Waals surface area contributed by atoms with Crippen molar-refractivity contribution >= 4 is 5.91 Å². The SMILES string of the molecule is Cc1cnn(CC(=O)N[C@@H](C)c2c(C)nn(C)c2C)c1. The van der Waals surface area contributed by atoms with Gasteiger partial charge in [-0.2, -0.15) is 10.2 Å². The lowest BCUT2D eigenvalue weighted by Gasteiger charge is -2.14. The quantitative estimate of drug-likeness (QED) is 0.917. The highest BCUT2D eigenvalue weighted by Crippen LogP contribution is 2.20. The number of rotatable bonds is 4. The molecule has 0 fully saturated rings. The van der Waals surface area contributed by atoms with Crippen LogP contribution in [0.3, 0.4) is 0 Å². The van der Waals surface area contributed by atoms with Gasteiger partial charge in [0.05, 0.1) is 17.9 Å². The van der Waals surface area contributed by atoms with Gasteiger partial charge in [0.2, 0.25) is 5.91 Å². The molecule has 1 atom stereocenters. The standard InChI is InChI=1S/C14H21N5O/c1-9-6-15-19(7-9)8-13(20)16-10(2)14-11(3)17-18(5)12(14)4/h6-7,10H,8H2,1-5H3,(H,16,20)/t10-/m0/s1. The molecule has 108 valence electrons. The third-order valence-electron chi connectivity index (χ3n) is 3.44. The van der Waals surface area contributed by atoms with Crippen molar-refractivity contribution in [2.24, 2.45) is 7.05 Å². The van der Waals surface area contributed by atoms with Gasteiger partial charge in [-0.25, -0.2) is 0 Å². The van der Waals surface area contributed by atoms with Crippen molar-refractivity contribution in [1.82, 2.24) is 24.9 Å². The lowest BCUT2D eigenvalue weighted by atomic mass is 10.1. The largest absolute Gasteiger partial charge is 0.348 e. The topological polar surface area (TPSA) is 64.7 Å². The molecule has 0 spiro atoms. The molecule has 6 nitrogen and oxygen atoms in total. The summed E-state index contributed by atoms with van der Waals surface area (Å²) in [5.41, 5.74) is 4.15. The van der Waals surface area contributed by atoms with Crippen LogP contribution in [0.25, 0.3) is 0 Å². The van der Waals surface area contributed by atoms with Gasteiger partial charge >= 0.3 is 0 Å². The summed E-state index contributed by atoms with van der Waals surface area (Å²) in [6.07, 6.45) is 3.59. The monoisotopic (exact) mass is 275 g/mol. The minimum absolute atomic E-state index is 0.0525. The number of aromatic nitrogens is 4. The number of carbonyl (C=O) groups is 1. The van der Waals surface area contributed by atoms with Crippen molar-refractivity contribution in [3.05, 3.63) is 34.9 Å². The molecule has 2 aromatic rings. The van der Waals surface area contributed by atoms with Crippen LogP contribution in [-0.4, -0.2) is 25.5 Å². The Morgan fingerprint density at radius 1 is 1.40 bits per heavy atom. The van der Waals surface area contributed by atoms with E-state index in [1.54, 1.807) is 10.9 Å². The van der Waals surface area contributed by atoms with E-state index < -0.39 is 0 Å². The highest BCUT2D eigenvalue weighted by molar-refractivity contribution is 5.76. The van der Waals surface area contributed by atoms with Gasteiger partial charge in [0.25, 0.3) is 0 Å². The summed E-state index contributed by atoms with van der Waals surface area (Å²) in [4.78, 5) is 12.0. The predicted octanol–water partition coefficient (Wildman–Crippen LogP) is 1.42. The summed E-state index contributed by atoms with van der Waals surface area (Å²) in [6, 6.07) is -0.0622. The van der Waals surface area contributed by atoms with E-state index in [1.165, 1.54) is 0 Å². The second-order valence-electron chi connectivity index (χ2n) is 5.21. The normalized spacial score (nSPS) is 12.4. The Hall–Kier alpha value is -2.11. The second-order valence-corrected chi connectivity index (χ2v) is 5.21. The van der Waals surface area contributed by atoms with Crippen molar-refractivity contribution in [2.75, 3.05) is 0 Å². The molecule has 0 saturated carbocycles. The smallest absolute Gasteiger partial charge is 0.242 e. The second kappa shape index (κ2) is 5.48. The third-order valence-corrected chi connectivity index (χ3v) is 3.44. The van der Waals surface area contributed by atoms with E-state index in [4.69, 9.17) is 0 Å². The zero-order chi connectivity index (χ0) is 14.9. The number of aryl methyl sites for hydroxylation is 3. The van der Waals surface area contributed by atoms with Gasteiger partial charge in [-0.05, 0) is 33.3 Å². The molecule has 0 radical (unpaired) electrons. The Morgan fingerprint density at radius 3 is 2.60 bits per heavy atom. The van der Waals surface area contributed by atoms with Gasteiger partial charge in [0.1, 0.15) is 6.54 Å². The lowest BCUT2D eigenvalue weighted by Crippen LogP contribution is -2.30. The fourth-order valence-electron chi connectivity index (χ4n) is 2.48. The number of amides is 1. The molecule has 1 N–H and O–H groups in total. The number of nitrogens with one attached hydrogen (secondary N) is 1. The van der Waals surface area contributed by atoms with Crippen molar-refractivity contribution in [3.8, 4) is 0 Å². The fourth-order valence-corrected chi connectivity index (χ4v) is 2.48. The molecule has 0 unspecified atom stereocenters. The number of hydrogen-bond donors (Lipinski definition) is 1. The van der Waals surface area contributed by atoms with Crippen molar-refractivity contribution in [2.45, 2.75) is 40.3 Å². The first-order chi connectivity index (χ1) is 9.38. The van der Waals surface area contributed by atoms with Gasteiger partial charge in [0.15, 0.2) is 0 Å². The average Bonchev–Trinajstić information content (AvgIpc) is 2.84. The van der Waals surface area contributed by atoms with E-state index in [1.807, 2.05) is 45.6 Å². The summed E-state index contributed by atoms with van der Waals surface area (Å²) in [5.74, 6) is -0.0525. The van der Waals surface area contributed by atoms with Gasteiger partial charge in [0, 0.05) is 24.5 Å². The zero-order valence-electron chi connectivity index (χ0n) is 12.6. The molecule has 2 heterocycles. The molecule has 1 amide bonds. The Kier molecular flexibility index (Phi) is 3.92. The molecular weight excluding hydrogens is 254 g/mol. The minimum Gasteiger partial charge on any atom is -0.348 e. The molecule has 2 rings (SSSR count). The van der Waals surface area contributed by atoms with Crippen LogP contribution in [0.2, 0.25) is 0 Å². The molecule has 6 heteroatoms. The van der Waals surface area contributed by atoms with E-state index >= 15 is 0 Å². The van der Waals surface area contributed by atoms with Crippen molar-refractivity contribution in [3.63, 3.8) is 0 Å². The Bertz CT molecular complexity index is 626. The minimum atomic E-state index is -0.0622. The molecule has 0 bridgehead atoms. The highest BCUT2D eigenvalue weighted by atomic mass is 16.2. The number of hydrogen-bond acceptors (Lipinski definition) is 3. The van der Waals surface area contributed by atoms with Gasteiger partial charge in [-0.15, -0.1) is 0 Å². The number of nitrogens with zero attached hydrogens (tertiary/aromatic N) is 4.